The summed E-state index contributed by atoms with van der Waals surface area (Å²) in [5.41, 5.74) is 3.13. The van der Waals surface area contributed by atoms with Gasteiger partial charge in [0.1, 0.15) is 5.69 Å². The fourth-order valence-corrected chi connectivity index (χ4v) is 3.84. The molecule has 0 N–H and O–H groups in total. The topological polar surface area (TPSA) is 51.8 Å². The zero-order valence-electron chi connectivity index (χ0n) is 12.6. The lowest BCUT2D eigenvalue weighted by Gasteiger charge is -2.03. The Bertz CT molecular complexity index is 907. The third kappa shape index (κ3) is 1.99. The summed E-state index contributed by atoms with van der Waals surface area (Å²) in [4.78, 5) is 8.21. The largest absolute Gasteiger partial charge is 0.339 e. The van der Waals surface area contributed by atoms with E-state index in [0.29, 0.717) is 29.1 Å². The van der Waals surface area contributed by atoms with Crippen molar-refractivity contribution in [3.05, 3.63) is 65.3 Å². The Balaban J connectivity index is 1.40. The van der Waals surface area contributed by atoms with E-state index < -0.39 is 6.43 Å². The number of benzene rings is 1. The van der Waals surface area contributed by atoms with E-state index in [9.17, 15) is 8.78 Å². The van der Waals surface area contributed by atoms with Gasteiger partial charge in [-0.15, -0.1) is 0 Å². The molecule has 6 heteroatoms. The molecule has 120 valence electrons. The van der Waals surface area contributed by atoms with E-state index in [0.717, 1.165) is 6.42 Å². The molecule has 1 fully saturated rings. The Morgan fingerprint density at radius 1 is 1.08 bits per heavy atom. The molecular formula is C18H13F2N3O. The van der Waals surface area contributed by atoms with Crippen molar-refractivity contribution in [2.24, 2.45) is 5.92 Å². The van der Waals surface area contributed by atoms with Gasteiger partial charge in [0, 0.05) is 17.7 Å². The smallest absolute Gasteiger partial charge is 0.280 e. The van der Waals surface area contributed by atoms with Crippen LogP contribution in [0.15, 0.2) is 47.1 Å². The highest BCUT2D eigenvalue weighted by molar-refractivity contribution is 5.53. The van der Waals surface area contributed by atoms with Crippen molar-refractivity contribution in [3.63, 3.8) is 0 Å². The molecule has 2 aliphatic rings. The first kappa shape index (κ1) is 13.8. The maximum absolute atomic E-state index is 12.6. The molecule has 5 rings (SSSR count). The van der Waals surface area contributed by atoms with Crippen LogP contribution in [0.4, 0.5) is 8.78 Å². The molecule has 0 radical (unpaired) electrons. The molecule has 3 aromatic rings. The number of halogens is 2. The molecule has 1 saturated carbocycles. The van der Waals surface area contributed by atoms with Crippen molar-refractivity contribution in [2.75, 3.05) is 0 Å². The number of hydrogen-bond acceptors (Lipinski definition) is 4. The van der Waals surface area contributed by atoms with Crippen LogP contribution in [0.3, 0.4) is 0 Å². The van der Waals surface area contributed by atoms with Crippen molar-refractivity contribution < 1.29 is 13.3 Å². The van der Waals surface area contributed by atoms with Gasteiger partial charge in [-0.2, -0.15) is 4.98 Å². The van der Waals surface area contributed by atoms with E-state index in [2.05, 4.69) is 39.4 Å². The summed E-state index contributed by atoms with van der Waals surface area (Å²) in [6.45, 7) is 0. The second-order valence-electron chi connectivity index (χ2n) is 6.35. The van der Waals surface area contributed by atoms with Crippen molar-refractivity contribution in [1.29, 1.82) is 0 Å². The Hall–Kier alpha value is -2.63. The number of fused-ring (bicyclic) bond motifs is 3. The van der Waals surface area contributed by atoms with E-state index in [-0.39, 0.29) is 11.6 Å². The van der Waals surface area contributed by atoms with E-state index >= 15 is 0 Å². The molecule has 0 bridgehead atoms. The molecule has 2 aromatic heterocycles. The Morgan fingerprint density at radius 2 is 1.96 bits per heavy atom. The summed E-state index contributed by atoms with van der Waals surface area (Å²) < 4.78 is 30.6. The second-order valence-corrected chi connectivity index (χ2v) is 6.35. The first-order valence-electron chi connectivity index (χ1n) is 7.88. The third-order valence-electron chi connectivity index (χ3n) is 5.03. The Kier molecular flexibility index (Phi) is 2.83. The molecule has 0 aliphatic heterocycles. The lowest BCUT2D eigenvalue weighted by atomic mass is 10.0. The molecule has 3 atom stereocenters. The minimum absolute atomic E-state index is 0.254. The van der Waals surface area contributed by atoms with Gasteiger partial charge in [-0.25, -0.2) is 8.78 Å². The molecule has 0 spiro atoms. The zero-order chi connectivity index (χ0) is 16.3. The first-order valence-corrected chi connectivity index (χ1v) is 7.88. The molecule has 4 nitrogen and oxygen atoms in total. The van der Waals surface area contributed by atoms with Gasteiger partial charge in [-0.1, -0.05) is 29.4 Å². The molecule has 0 saturated heterocycles. The van der Waals surface area contributed by atoms with Gasteiger partial charge in [-0.3, -0.25) is 4.98 Å². The summed E-state index contributed by atoms with van der Waals surface area (Å²) in [6, 6.07) is 11.3. The number of rotatable bonds is 3. The van der Waals surface area contributed by atoms with Gasteiger partial charge >= 0.3 is 0 Å². The van der Waals surface area contributed by atoms with Crippen molar-refractivity contribution >= 4 is 0 Å². The van der Waals surface area contributed by atoms with E-state index in [4.69, 9.17) is 4.52 Å². The van der Waals surface area contributed by atoms with Crippen molar-refractivity contribution in [1.82, 2.24) is 15.1 Å². The van der Waals surface area contributed by atoms with Gasteiger partial charge in [0.25, 0.3) is 6.43 Å². The van der Waals surface area contributed by atoms with Crippen LogP contribution in [0.25, 0.3) is 11.4 Å². The predicted octanol–water partition coefficient (Wildman–Crippen LogP) is 4.12. The monoisotopic (exact) mass is 325 g/mol. The number of aromatic nitrogens is 3. The van der Waals surface area contributed by atoms with E-state index in [1.165, 1.54) is 23.4 Å². The lowest BCUT2D eigenvalue weighted by molar-refractivity contribution is 0.146. The minimum Gasteiger partial charge on any atom is -0.339 e. The average molecular weight is 325 g/mol. The molecule has 2 heterocycles. The summed E-state index contributed by atoms with van der Waals surface area (Å²) in [5.74, 6) is 2.31. The highest BCUT2D eigenvalue weighted by atomic mass is 19.3. The number of hydrogen-bond donors (Lipinski definition) is 0. The Morgan fingerprint density at radius 3 is 2.75 bits per heavy atom. The normalized spacial score (nSPS) is 24.0. The zero-order valence-corrected chi connectivity index (χ0v) is 12.6. The average Bonchev–Trinajstić information content (AvgIpc) is 2.99. The van der Waals surface area contributed by atoms with Gasteiger partial charge in [-0.05, 0) is 41.5 Å². The fraction of sp³-hybridized carbons (Fsp3) is 0.278. The lowest BCUT2D eigenvalue weighted by Crippen LogP contribution is -1.94. The second kappa shape index (κ2) is 4.93. The van der Waals surface area contributed by atoms with Crippen LogP contribution >= 0.6 is 0 Å². The van der Waals surface area contributed by atoms with Crippen molar-refractivity contribution in [2.45, 2.75) is 24.7 Å². The number of pyridine rings is 1. The highest BCUT2D eigenvalue weighted by Gasteiger charge is 2.58. The quantitative estimate of drug-likeness (QED) is 0.727. The van der Waals surface area contributed by atoms with Crippen LogP contribution < -0.4 is 0 Å². The van der Waals surface area contributed by atoms with Crippen LogP contribution in [-0.4, -0.2) is 15.1 Å². The summed E-state index contributed by atoms with van der Waals surface area (Å²) in [5, 5.41) is 3.99. The third-order valence-corrected chi connectivity index (χ3v) is 5.03. The van der Waals surface area contributed by atoms with Crippen LogP contribution in [0, 0.1) is 5.92 Å². The van der Waals surface area contributed by atoms with Gasteiger partial charge in [0.15, 0.2) is 0 Å². The summed E-state index contributed by atoms with van der Waals surface area (Å²) >= 11 is 0. The molecule has 0 amide bonds. The maximum Gasteiger partial charge on any atom is 0.280 e. The van der Waals surface area contributed by atoms with E-state index in [1.54, 1.807) is 6.07 Å². The summed E-state index contributed by atoms with van der Waals surface area (Å²) in [7, 11) is 0. The van der Waals surface area contributed by atoms with Gasteiger partial charge in [0.05, 0.1) is 0 Å². The maximum atomic E-state index is 12.6. The molecule has 2 aliphatic carbocycles. The van der Waals surface area contributed by atoms with Crippen LogP contribution in [0.5, 0.6) is 0 Å². The number of nitrogens with zero attached hydrogens (tertiary/aromatic N) is 3. The van der Waals surface area contributed by atoms with Crippen LogP contribution in [-0.2, 0) is 6.42 Å². The molecule has 24 heavy (non-hydrogen) atoms. The SMILES string of the molecule is FC(F)c1ccc(-c2noc(C3C4Cc5ccccc5C43)n2)cn1. The first-order chi connectivity index (χ1) is 11.7. The molecule has 3 unspecified atom stereocenters. The number of alkyl halides is 2. The predicted molar refractivity (Wildman–Crippen MR) is 81.6 cm³/mol. The van der Waals surface area contributed by atoms with Crippen LogP contribution in [0.2, 0.25) is 0 Å². The highest BCUT2D eigenvalue weighted by Crippen LogP contribution is 2.66. The molecular weight excluding hydrogens is 312 g/mol. The summed E-state index contributed by atoms with van der Waals surface area (Å²) in [6.07, 6.45) is -0.168. The van der Waals surface area contributed by atoms with Crippen molar-refractivity contribution in [3.8, 4) is 11.4 Å². The van der Waals surface area contributed by atoms with E-state index in [1.807, 2.05) is 0 Å². The van der Waals surface area contributed by atoms with Crippen LogP contribution in [0.1, 0.15) is 41.0 Å². The van der Waals surface area contributed by atoms with Gasteiger partial charge < -0.3 is 4.52 Å². The Labute approximate surface area is 136 Å². The standard InChI is InChI=1S/C18H13F2N3O/c19-16(20)13-6-5-10(8-21-13)17-22-18(24-23-17)15-12-7-9-3-1-2-4-11(9)14(12)15/h1-6,8,12,14-16H,7H2. The van der Waals surface area contributed by atoms with Gasteiger partial charge in [0.2, 0.25) is 11.7 Å². The fourth-order valence-electron chi connectivity index (χ4n) is 3.84. The molecule has 1 aromatic carbocycles. The minimum atomic E-state index is -2.58.